The minimum Gasteiger partial charge on any atom is -0.381 e. The highest BCUT2D eigenvalue weighted by Gasteiger charge is 2.48. The van der Waals surface area contributed by atoms with Crippen molar-refractivity contribution in [1.29, 1.82) is 5.26 Å². The molecule has 0 amide bonds. The maximum Gasteiger partial charge on any atom is 0.289 e. The summed E-state index contributed by atoms with van der Waals surface area (Å²) in [4.78, 5) is 14.1. The Bertz CT molecular complexity index is 579. The number of nitriles is 1. The molecule has 1 aliphatic carbocycles. The second-order valence-corrected chi connectivity index (χ2v) is 5.44. The predicted octanol–water partition coefficient (Wildman–Crippen LogP) is 2.09. The molecule has 2 atom stereocenters. The van der Waals surface area contributed by atoms with Gasteiger partial charge in [0.2, 0.25) is 0 Å². The van der Waals surface area contributed by atoms with Crippen LogP contribution in [0.25, 0.3) is 0 Å². The lowest BCUT2D eigenvalue weighted by molar-refractivity contribution is -0.385. The van der Waals surface area contributed by atoms with Crippen LogP contribution in [-0.2, 0) is 4.74 Å². The van der Waals surface area contributed by atoms with Crippen molar-refractivity contribution in [2.24, 2.45) is 5.41 Å². The fraction of sp³-hybridized carbons (Fsp3) is 0.538. The third-order valence-corrected chi connectivity index (χ3v) is 3.98. The van der Waals surface area contributed by atoms with E-state index in [0.717, 1.165) is 12.6 Å². The number of pyridine rings is 1. The lowest BCUT2D eigenvalue weighted by Crippen LogP contribution is -2.57. The average Bonchev–Trinajstić information content (AvgIpc) is 2.42. The van der Waals surface area contributed by atoms with Crippen molar-refractivity contribution in [3.8, 4) is 6.07 Å². The van der Waals surface area contributed by atoms with Crippen LogP contribution >= 0.6 is 0 Å². The number of hydrogen-bond acceptors (Lipinski definition) is 6. The standard InChI is InChI=1S/C13H16N4O3/c1-13(2)10(5-11(13)20-3)16-12-8(6-14)4-9(7-15-12)17(18)19/h4,7,10-11H,5H2,1-3H3,(H,15,16). The van der Waals surface area contributed by atoms with Crippen molar-refractivity contribution < 1.29 is 9.66 Å². The van der Waals surface area contributed by atoms with E-state index in [1.54, 1.807) is 7.11 Å². The molecule has 1 N–H and O–H groups in total. The molecule has 0 spiro atoms. The quantitative estimate of drug-likeness (QED) is 0.667. The zero-order chi connectivity index (χ0) is 14.9. The summed E-state index contributed by atoms with van der Waals surface area (Å²) < 4.78 is 5.36. The van der Waals surface area contributed by atoms with Gasteiger partial charge in [0, 0.05) is 24.6 Å². The summed E-state index contributed by atoms with van der Waals surface area (Å²) in [6.45, 7) is 4.14. The SMILES string of the molecule is COC1CC(Nc2ncc([N+](=O)[O-])cc2C#N)C1(C)C. The molecule has 1 heterocycles. The fourth-order valence-electron chi connectivity index (χ4n) is 2.45. The normalized spacial score (nSPS) is 23.5. The van der Waals surface area contributed by atoms with Crippen molar-refractivity contribution >= 4 is 11.5 Å². The van der Waals surface area contributed by atoms with Crippen molar-refractivity contribution in [3.63, 3.8) is 0 Å². The van der Waals surface area contributed by atoms with Crippen LogP contribution in [0.15, 0.2) is 12.3 Å². The monoisotopic (exact) mass is 276 g/mol. The highest BCUT2D eigenvalue weighted by Crippen LogP contribution is 2.44. The number of nitrogens with zero attached hydrogens (tertiary/aromatic N) is 3. The highest BCUT2D eigenvalue weighted by atomic mass is 16.6. The number of methoxy groups -OCH3 is 1. The molecule has 2 unspecified atom stereocenters. The van der Waals surface area contributed by atoms with Crippen LogP contribution < -0.4 is 5.32 Å². The second kappa shape index (κ2) is 5.06. The van der Waals surface area contributed by atoms with E-state index >= 15 is 0 Å². The molecule has 1 fully saturated rings. The zero-order valence-corrected chi connectivity index (χ0v) is 11.6. The van der Waals surface area contributed by atoms with Crippen molar-refractivity contribution in [2.75, 3.05) is 12.4 Å². The number of ether oxygens (including phenoxy) is 1. The third kappa shape index (κ3) is 2.30. The van der Waals surface area contributed by atoms with Gasteiger partial charge in [-0.2, -0.15) is 5.26 Å². The van der Waals surface area contributed by atoms with Gasteiger partial charge in [-0.3, -0.25) is 10.1 Å². The van der Waals surface area contributed by atoms with E-state index in [2.05, 4.69) is 24.1 Å². The van der Waals surface area contributed by atoms with Gasteiger partial charge in [-0.05, 0) is 6.42 Å². The lowest BCUT2D eigenvalue weighted by Gasteiger charge is -2.51. The first-order chi connectivity index (χ1) is 9.40. The first kappa shape index (κ1) is 14.2. The predicted molar refractivity (Wildman–Crippen MR) is 72.2 cm³/mol. The summed E-state index contributed by atoms with van der Waals surface area (Å²) in [7, 11) is 1.67. The topological polar surface area (TPSA) is 101 Å². The Morgan fingerprint density at radius 3 is 2.85 bits per heavy atom. The Labute approximate surface area is 116 Å². The largest absolute Gasteiger partial charge is 0.381 e. The molecule has 1 aliphatic rings. The molecule has 106 valence electrons. The van der Waals surface area contributed by atoms with E-state index in [4.69, 9.17) is 10.00 Å². The molecular formula is C13H16N4O3. The van der Waals surface area contributed by atoms with E-state index in [9.17, 15) is 10.1 Å². The maximum atomic E-state index is 10.7. The summed E-state index contributed by atoms with van der Waals surface area (Å²) in [6, 6.07) is 3.29. The molecule has 0 radical (unpaired) electrons. The van der Waals surface area contributed by atoms with Gasteiger partial charge in [0.05, 0.1) is 11.0 Å². The summed E-state index contributed by atoms with van der Waals surface area (Å²) in [6.07, 6.45) is 2.12. The van der Waals surface area contributed by atoms with Gasteiger partial charge in [-0.25, -0.2) is 4.98 Å². The van der Waals surface area contributed by atoms with Crippen LogP contribution in [0.3, 0.4) is 0 Å². The van der Waals surface area contributed by atoms with Crippen LogP contribution in [0.4, 0.5) is 11.5 Å². The van der Waals surface area contributed by atoms with E-state index in [0.29, 0.717) is 5.82 Å². The number of anilines is 1. The number of nitro groups is 1. The molecule has 0 aromatic carbocycles. The van der Waals surface area contributed by atoms with Crippen molar-refractivity contribution in [1.82, 2.24) is 4.98 Å². The Morgan fingerprint density at radius 2 is 2.35 bits per heavy atom. The van der Waals surface area contributed by atoms with Gasteiger partial charge in [0.25, 0.3) is 5.69 Å². The molecule has 1 saturated carbocycles. The molecule has 0 saturated heterocycles. The van der Waals surface area contributed by atoms with Crippen molar-refractivity contribution in [3.05, 3.63) is 27.9 Å². The summed E-state index contributed by atoms with van der Waals surface area (Å²) in [5, 5.41) is 22.9. The Kier molecular flexibility index (Phi) is 3.59. The Morgan fingerprint density at radius 1 is 1.65 bits per heavy atom. The third-order valence-electron chi connectivity index (χ3n) is 3.98. The van der Waals surface area contributed by atoms with E-state index in [-0.39, 0.29) is 28.8 Å². The minimum atomic E-state index is -0.564. The van der Waals surface area contributed by atoms with Gasteiger partial charge in [-0.1, -0.05) is 13.8 Å². The maximum absolute atomic E-state index is 10.7. The molecule has 1 aromatic rings. The summed E-state index contributed by atoms with van der Waals surface area (Å²) in [5.74, 6) is 0.380. The first-order valence-corrected chi connectivity index (χ1v) is 6.24. The van der Waals surface area contributed by atoms with Crippen LogP contribution in [0.1, 0.15) is 25.8 Å². The van der Waals surface area contributed by atoms with E-state index in [1.807, 2.05) is 6.07 Å². The molecule has 1 aromatic heterocycles. The van der Waals surface area contributed by atoms with Crippen LogP contribution in [0.5, 0.6) is 0 Å². The Balaban J connectivity index is 2.19. The molecule has 7 nitrogen and oxygen atoms in total. The molecular weight excluding hydrogens is 260 g/mol. The summed E-state index contributed by atoms with van der Waals surface area (Å²) in [5.41, 5.74) is -0.0871. The first-order valence-electron chi connectivity index (χ1n) is 6.24. The number of rotatable bonds is 4. The van der Waals surface area contributed by atoms with Crippen molar-refractivity contribution in [2.45, 2.75) is 32.4 Å². The lowest BCUT2D eigenvalue weighted by atomic mass is 9.64. The number of aromatic nitrogens is 1. The molecule has 2 rings (SSSR count). The smallest absolute Gasteiger partial charge is 0.289 e. The zero-order valence-electron chi connectivity index (χ0n) is 11.6. The minimum absolute atomic E-state index is 0.0784. The van der Waals surface area contributed by atoms with Crippen LogP contribution in [0, 0.1) is 26.9 Å². The van der Waals surface area contributed by atoms with Crippen LogP contribution in [0.2, 0.25) is 0 Å². The van der Waals surface area contributed by atoms with Gasteiger partial charge >= 0.3 is 0 Å². The van der Waals surface area contributed by atoms with E-state index in [1.165, 1.54) is 6.07 Å². The van der Waals surface area contributed by atoms with Gasteiger partial charge in [0.15, 0.2) is 0 Å². The molecule has 20 heavy (non-hydrogen) atoms. The average molecular weight is 276 g/mol. The summed E-state index contributed by atoms with van der Waals surface area (Å²) >= 11 is 0. The van der Waals surface area contributed by atoms with Gasteiger partial charge in [-0.15, -0.1) is 0 Å². The van der Waals surface area contributed by atoms with Gasteiger partial charge in [0.1, 0.15) is 23.6 Å². The second-order valence-electron chi connectivity index (χ2n) is 5.44. The van der Waals surface area contributed by atoms with E-state index < -0.39 is 4.92 Å². The number of hydrogen-bond donors (Lipinski definition) is 1. The fourth-order valence-corrected chi connectivity index (χ4v) is 2.45. The molecule has 0 aliphatic heterocycles. The number of nitrogens with one attached hydrogen (secondary N) is 1. The molecule has 0 bridgehead atoms. The van der Waals surface area contributed by atoms with Gasteiger partial charge < -0.3 is 10.1 Å². The molecule has 7 heteroatoms. The highest BCUT2D eigenvalue weighted by molar-refractivity contribution is 5.56. The Hall–Kier alpha value is -2.20. The van der Waals surface area contributed by atoms with Crippen LogP contribution in [-0.4, -0.2) is 29.2 Å².